The second-order valence-corrected chi connectivity index (χ2v) is 3.50. The van der Waals surface area contributed by atoms with Crippen molar-refractivity contribution in [2.75, 3.05) is 0 Å². The van der Waals surface area contributed by atoms with E-state index in [9.17, 15) is 4.79 Å². The van der Waals surface area contributed by atoms with Gasteiger partial charge in [-0.25, -0.2) is 0 Å². The van der Waals surface area contributed by atoms with Crippen LogP contribution in [0.3, 0.4) is 0 Å². The third kappa shape index (κ3) is 1.73. The molecule has 1 aliphatic rings. The van der Waals surface area contributed by atoms with Gasteiger partial charge in [-0.1, -0.05) is 20.8 Å². The summed E-state index contributed by atoms with van der Waals surface area (Å²) in [5, 5.41) is 0. The van der Waals surface area contributed by atoms with Gasteiger partial charge in [-0.15, -0.1) is 0 Å². The lowest BCUT2D eigenvalue weighted by Crippen LogP contribution is -2.35. The van der Waals surface area contributed by atoms with Crippen LogP contribution in [0.5, 0.6) is 0 Å². The van der Waals surface area contributed by atoms with E-state index >= 15 is 0 Å². The maximum absolute atomic E-state index is 11.1. The highest BCUT2D eigenvalue weighted by molar-refractivity contribution is 5.72. The molecule has 1 rings (SSSR count). The Kier molecular flexibility index (Phi) is 2.53. The van der Waals surface area contributed by atoms with Gasteiger partial charge in [0.15, 0.2) is 0 Å². The Hall–Kier alpha value is -0.530. The van der Waals surface area contributed by atoms with Gasteiger partial charge in [-0.3, -0.25) is 4.79 Å². The van der Waals surface area contributed by atoms with E-state index in [0.717, 1.165) is 12.8 Å². The molecular formula is C9H16O2. The first kappa shape index (κ1) is 8.57. The zero-order valence-corrected chi connectivity index (χ0v) is 7.46. The lowest BCUT2D eigenvalue weighted by atomic mass is 9.89. The number of hydrogen-bond acceptors (Lipinski definition) is 2. The van der Waals surface area contributed by atoms with Crippen molar-refractivity contribution in [1.82, 2.24) is 0 Å². The van der Waals surface area contributed by atoms with Gasteiger partial charge in [0.05, 0.1) is 5.92 Å². The summed E-state index contributed by atoms with van der Waals surface area (Å²) in [5.41, 5.74) is 0. The minimum atomic E-state index is -0.0186. The van der Waals surface area contributed by atoms with Crippen LogP contribution in [-0.4, -0.2) is 12.1 Å². The molecule has 0 radical (unpaired) electrons. The largest absolute Gasteiger partial charge is 0.462 e. The predicted octanol–water partition coefficient (Wildman–Crippen LogP) is 1.98. The molecule has 1 saturated heterocycles. The Morgan fingerprint density at radius 3 is 2.73 bits per heavy atom. The predicted molar refractivity (Wildman–Crippen MR) is 43.1 cm³/mol. The Morgan fingerprint density at radius 1 is 1.55 bits per heavy atom. The molecule has 0 N–H and O–H groups in total. The molecule has 0 aromatic rings. The number of hydrogen-bond donors (Lipinski definition) is 0. The van der Waals surface area contributed by atoms with Crippen LogP contribution in [0.4, 0.5) is 0 Å². The second kappa shape index (κ2) is 3.24. The number of esters is 1. The molecule has 1 fully saturated rings. The van der Waals surface area contributed by atoms with Crippen molar-refractivity contribution in [1.29, 1.82) is 0 Å². The normalized spacial score (nSPS) is 38.5. The summed E-state index contributed by atoms with van der Waals surface area (Å²) >= 11 is 0. The van der Waals surface area contributed by atoms with Crippen molar-refractivity contribution >= 4 is 5.97 Å². The van der Waals surface area contributed by atoms with E-state index < -0.39 is 0 Å². The van der Waals surface area contributed by atoms with Crippen LogP contribution in [0, 0.1) is 11.8 Å². The van der Waals surface area contributed by atoms with Crippen molar-refractivity contribution in [3.8, 4) is 0 Å². The molecule has 0 amide bonds. The van der Waals surface area contributed by atoms with Gasteiger partial charge < -0.3 is 4.74 Å². The topological polar surface area (TPSA) is 26.3 Å². The van der Waals surface area contributed by atoms with E-state index in [1.807, 2.05) is 6.92 Å². The zero-order valence-electron chi connectivity index (χ0n) is 7.46. The van der Waals surface area contributed by atoms with Gasteiger partial charge in [0, 0.05) is 0 Å². The third-order valence-corrected chi connectivity index (χ3v) is 2.43. The maximum Gasteiger partial charge on any atom is 0.308 e. The molecule has 2 heteroatoms. The standard InChI is InChI=1S/C9H16O2/c1-4-8-6(2)5-7(3)9(10)11-8/h6-8H,4-5H2,1-3H3/t6-,7-,8-/m1/s1. The molecule has 0 aromatic carbocycles. The van der Waals surface area contributed by atoms with Crippen molar-refractivity contribution < 1.29 is 9.53 Å². The van der Waals surface area contributed by atoms with Gasteiger partial charge in [-0.2, -0.15) is 0 Å². The summed E-state index contributed by atoms with van der Waals surface area (Å²) < 4.78 is 5.22. The Balaban J connectivity index is 2.54. The molecule has 0 saturated carbocycles. The minimum Gasteiger partial charge on any atom is -0.462 e. The third-order valence-electron chi connectivity index (χ3n) is 2.43. The van der Waals surface area contributed by atoms with Crippen LogP contribution < -0.4 is 0 Å². The summed E-state index contributed by atoms with van der Waals surface area (Å²) in [5.74, 6) is 0.621. The quantitative estimate of drug-likeness (QED) is 0.543. The van der Waals surface area contributed by atoms with E-state index in [0.29, 0.717) is 5.92 Å². The molecule has 0 unspecified atom stereocenters. The second-order valence-electron chi connectivity index (χ2n) is 3.50. The lowest BCUT2D eigenvalue weighted by molar-refractivity contribution is -0.164. The van der Waals surface area contributed by atoms with Crippen molar-refractivity contribution in [3.63, 3.8) is 0 Å². The van der Waals surface area contributed by atoms with Crippen molar-refractivity contribution in [2.24, 2.45) is 11.8 Å². The smallest absolute Gasteiger partial charge is 0.308 e. The number of cyclic esters (lactones) is 1. The molecule has 1 aliphatic heterocycles. The van der Waals surface area contributed by atoms with Crippen LogP contribution in [0.2, 0.25) is 0 Å². The Morgan fingerprint density at radius 2 is 2.18 bits per heavy atom. The van der Waals surface area contributed by atoms with Gasteiger partial charge in [0.1, 0.15) is 6.10 Å². The summed E-state index contributed by atoms with van der Waals surface area (Å²) in [7, 11) is 0. The van der Waals surface area contributed by atoms with E-state index in [2.05, 4.69) is 13.8 Å². The van der Waals surface area contributed by atoms with Crippen LogP contribution in [0.15, 0.2) is 0 Å². The summed E-state index contributed by atoms with van der Waals surface area (Å²) in [6, 6.07) is 0. The molecule has 3 atom stereocenters. The number of ether oxygens (including phenoxy) is 1. The molecule has 0 aromatic heterocycles. The zero-order chi connectivity index (χ0) is 8.43. The molecule has 2 nitrogen and oxygen atoms in total. The molecule has 64 valence electrons. The monoisotopic (exact) mass is 156 g/mol. The summed E-state index contributed by atoms with van der Waals surface area (Å²) in [4.78, 5) is 11.1. The summed E-state index contributed by atoms with van der Waals surface area (Å²) in [6.45, 7) is 6.15. The number of carbonyl (C=O) groups is 1. The first-order valence-electron chi connectivity index (χ1n) is 4.35. The molecule has 0 spiro atoms. The minimum absolute atomic E-state index is 0.0186. The molecule has 1 heterocycles. The van der Waals surface area contributed by atoms with Crippen LogP contribution in [-0.2, 0) is 9.53 Å². The fraction of sp³-hybridized carbons (Fsp3) is 0.889. The Bertz CT molecular complexity index is 154. The first-order chi connectivity index (χ1) is 5.15. The fourth-order valence-corrected chi connectivity index (χ4v) is 1.67. The van der Waals surface area contributed by atoms with Gasteiger partial charge in [0.2, 0.25) is 0 Å². The van der Waals surface area contributed by atoms with E-state index in [-0.39, 0.29) is 18.0 Å². The van der Waals surface area contributed by atoms with Crippen LogP contribution in [0.1, 0.15) is 33.6 Å². The molecular weight excluding hydrogens is 140 g/mol. The molecule has 0 aliphatic carbocycles. The highest BCUT2D eigenvalue weighted by Gasteiger charge is 2.31. The van der Waals surface area contributed by atoms with Gasteiger partial charge >= 0.3 is 5.97 Å². The number of carbonyl (C=O) groups excluding carboxylic acids is 1. The lowest BCUT2D eigenvalue weighted by Gasteiger charge is -2.31. The Labute approximate surface area is 67.9 Å². The van der Waals surface area contributed by atoms with Crippen molar-refractivity contribution in [2.45, 2.75) is 39.7 Å². The van der Waals surface area contributed by atoms with Gasteiger partial charge in [0.25, 0.3) is 0 Å². The van der Waals surface area contributed by atoms with Gasteiger partial charge in [-0.05, 0) is 18.8 Å². The van der Waals surface area contributed by atoms with Crippen LogP contribution >= 0.6 is 0 Å². The average Bonchev–Trinajstić information content (AvgIpc) is 1.97. The molecule has 0 bridgehead atoms. The van der Waals surface area contributed by atoms with Crippen LogP contribution in [0.25, 0.3) is 0 Å². The average molecular weight is 156 g/mol. The SMILES string of the molecule is CC[C@H]1OC(=O)[C@H](C)C[C@H]1C. The first-order valence-corrected chi connectivity index (χ1v) is 4.35. The fourth-order valence-electron chi connectivity index (χ4n) is 1.67. The van der Waals surface area contributed by atoms with E-state index in [1.165, 1.54) is 0 Å². The summed E-state index contributed by atoms with van der Waals surface area (Å²) in [6.07, 6.45) is 2.09. The maximum atomic E-state index is 11.1. The van der Waals surface area contributed by atoms with Crippen molar-refractivity contribution in [3.05, 3.63) is 0 Å². The highest BCUT2D eigenvalue weighted by Crippen LogP contribution is 2.26. The van der Waals surface area contributed by atoms with E-state index in [4.69, 9.17) is 4.74 Å². The highest BCUT2D eigenvalue weighted by atomic mass is 16.5. The van der Waals surface area contributed by atoms with E-state index in [1.54, 1.807) is 0 Å². The molecule has 11 heavy (non-hydrogen) atoms. The number of rotatable bonds is 1.